The molecule has 2 aliphatic heterocycles. The Balaban J connectivity index is 2.43. The molecule has 2 saturated heterocycles. The van der Waals surface area contributed by atoms with Crippen LogP contribution in [0.15, 0.2) is 0 Å². The number of aliphatic hydroxyl groups excluding tert-OH is 3. The Hall–Kier alpha value is -1.50. The number of aliphatic hydroxyl groups is 4. The Morgan fingerprint density at radius 3 is 2.08 bits per heavy atom. The third kappa shape index (κ3) is 13.7. The van der Waals surface area contributed by atoms with Crippen LogP contribution in [-0.4, -0.2) is 168 Å². The van der Waals surface area contributed by atoms with Gasteiger partial charge in [0.25, 0.3) is 0 Å². The van der Waals surface area contributed by atoms with E-state index in [1.54, 1.807) is 48.7 Å². The van der Waals surface area contributed by atoms with Crippen LogP contribution in [0.2, 0.25) is 0 Å². The van der Waals surface area contributed by atoms with Gasteiger partial charge in [-0.25, -0.2) is 0 Å². The standard InChI is InChI=1S/C44H84N2O13/c1-18-20-25(5)37(54-23-34(47)45(14)15)28(8)39(49)44(13,52)33(19-2)58-41(51)29(9)38(59-35-22-43(12,53-17)40(50)31(11)56-35)27(7)30(10)57-42-36(48)32(21-26(6)55-42)46(16)24(3)4/h24-33,35-40,42,48-50,52H,18-23H2,1-17H3/t25-,26-,27-,28+,29-,30+,31+,32+,33-,35+,36-,37+,38+,39-,40+,42+,43-,44-/m1/s1. The van der Waals surface area contributed by atoms with Crippen LogP contribution in [0.4, 0.5) is 0 Å². The summed E-state index contributed by atoms with van der Waals surface area (Å²) in [5.41, 5.74) is -2.91. The molecule has 0 bridgehead atoms. The summed E-state index contributed by atoms with van der Waals surface area (Å²) in [6.45, 7) is 23.8. The van der Waals surface area contributed by atoms with E-state index in [4.69, 9.17) is 33.2 Å². The number of hydrogen-bond donors (Lipinski definition) is 4. The van der Waals surface area contributed by atoms with Gasteiger partial charge in [-0.3, -0.25) is 14.5 Å². The molecule has 348 valence electrons. The van der Waals surface area contributed by atoms with Crippen molar-refractivity contribution < 1.29 is 63.2 Å². The first-order chi connectivity index (χ1) is 27.3. The van der Waals surface area contributed by atoms with Crippen LogP contribution in [0.25, 0.3) is 0 Å². The van der Waals surface area contributed by atoms with Gasteiger partial charge in [0.1, 0.15) is 30.5 Å². The van der Waals surface area contributed by atoms with Crippen LogP contribution in [-0.2, 0) is 42.7 Å². The highest BCUT2D eigenvalue weighted by Crippen LogP contribution is 2.37. The van der Waals surface area contributed by atoms with Crippen LogP contribution in [0.1, 0.15) is 122 Å². The minimum absolute atomic E-state index is 0.0437. The molecule has 2 heterocycles. The molecule has 4 N–H and O–H groups in total. The lowest BCUT2D eigenvalue weighted by Gasteiger charge is -2.47. The summed E-state index contributed by atoms with van der Waals surface area (Å²) >= 11 is 0. The monoisotopic (exact) mass is 849 g/mol. The zero-order valence-corrected chi connectivity index (χ0v) is 39.4. The second-order valence-corrected chi connectivity index (χ2v) is 18.6. The largest absolute Gasteiger partial charge is 0.459 e. The molecule has 1 amide bonds. The molecule has 0 radical (unpaired) electrons. The lowest BCUT2D eigenvalue weighted by molar-refractivity contribution is -0.305. The number of hydrogen-bond acceptors (Lipinski definition) is 14. The maximum atomic E-state index is 14.3. The first kappa shape index (κ1) is 53.6. The van der Waals surface area contributed by atoms with Crippen LogP contribution in [0.5, 0.6) is 0 Å². The molecule has 0 aliphatic carbocycles. The highest BCUT2D eigenvalue weighted by molar-refractivity contribution is 5.76. The SMILES string of the molecule is CCC[C@@H](C)[C@H](OCC(=O)N(C)C)[C@H](C)[C@@H](O)[C@](C)(O)[C@@H](CC)OC(=O)[C@H](C)[C@@H](O[C@H]1C[C@@](C)(OC)[C@@H](O)[C@H](C)O1)[C@H](C)[C@H](C)O[C@@H]1O[C@H](C)C[C@H](N(C)C(C)C)[C@H]1O. The van der Waals surface area contributed by atoms with E-state index >= 15 is 0 Å². The summed E-state index contributed by atoms with van der Waals surface area (Å²) in [6.07, 6.45) is -6.52. The molecule has 15 nitrogen and oxygen atoms in total. The van der Waals surface area contributed by atoms with E-state index in [-0.39, 0.29) is 49.5 Å². The molecule has 0 saturated carbocycles. The molecular weight excluding hydrogens is 764 g/mol. The topological polar surface area (TPSA) is 186 Å². The number of rotatable bonds is 23. The van der Waals surface area contributed by atoms with Crippen LogP contribution >= 0.6 is 0 Å². The van der Waals surface area contributed by atoms with Crippen molar-refractivity contribution in [1.29, 1.82) is 0 Å². The van der Waals surface area contributed by atoms with Gasteiger partial charge in [0.2, 0.25) is 5.91 Å². The smallest absolute Gasteiger partial charge is 0.311 e. The number of carbonyl (C=O) groups is 2. The molecular formula is C44H84N2O13. The van der Waals surface area contributed by atoms with Crippen molar-refractivity contribution in [2.24, 2.45) is 23.7 Å². The second kappa shape index (κ2) is 23.3. The van der Waals surface area contributed by atoms with Crippen molar-refractivity contribution in [3.05, 3.63) is 0 Å². The summed E-state index contributed by atoms with van der Waals surface area (Å²) in [7, 11) is 6.78. The predicted octanol–water partition coefficient (Wildman–Crippen LogP) is 4.13. The Bertz CT molecular complexity index is 1270. The summed E-state index contributed by atoms with van der Waals surface area (Å²) in [5, 5.41) is 46.2. The highest BCUT2D eigenvalue weighted by Gasteiger charge is 2.50. The summed E-state index contributed by atoms with van der Waals surface area (Å²) in [4.78, 5) is 30.3. The molecule has 59 heavy (non-hydrogen) atoms. The van der Waals surface area contributed by atoms with E-state index in [1.165, 1.54) is 18.9 Å². The fraction of sp³-hybridized carbons (Fsp3) is 0.955. The molecule has 0 spiro atoms. The summed E-state index contributed by atoms with van der Waals surface area (Å²) in [6, 6.07) is -0.0116. The van der Waals surface area contributed by atoms with Gasteiger partial charge in [-0.2, -0.15) is 0 Å². The molecule has 15 heteroatoms. The number of esters is 1. The first-order valence-electron chi connectivity index (χ1n) is 22.0. The number of nitrogens with zero attached hydrogens (tertiary/aromatic N) is 2. The van der Waals surface area contributed by atoms with Crippen molar-refractivity contribution >= 4 is 11.9 Å². The van der Waals surface area contributed by atoms with Crippen molar-refractivity contribution in [3.8, 4) is 0 Å². The van der Waals surface area contributed by atoms with Crippen LogP contribution in [0, 0.1) is 23.7 Å². The Kier molecular flexibility index (Phi) is 21.1. The molecule has 0 unspecified atom stereocenters. The maximum absolute atomic E-state index is 14.3. The minimum Gasteiger partial charge on any atom is -0.459 e. The maximum Gasteiger partial charge on any atom is 0.311 e. The van der Waals surface area contributed by atoms with Gasteiger partial charge < -0.3 is 58.5 Å². The minimum atomic E-state index is -1.91. The number of ether oxygens (including phenoxy) is 7. The molecule has 0 aromatic carbocycles. The van der Waals surface area contributed by atoms with Gasteiger partial charge in [0, 0.05) is 51.5 Å². The molecule has 18 atom stereocenters. The third-order valence-electron chi connectivity index (χ3n) is 13.3. The fourth-order valence-electron chi connectivity index (χ4n) is 8.65. The van der Waals surface area contributed by atoms with Gasteiger partial charge in [-0.1, -0.05) is 41.0 Å². The predicted molar refractivity (Wildman–Crippen MR) is 224 cm³/mol. The van der Waals surface area contributed by atoms with Gasteiger partial charge in [-0.05, 0) is 87.6 Å². The number of carbonyl (C=O) groups excluding carboxylic acids is 2. The van der Waals surface area contributed by atoms with E-state index in [1.807, 2.05) is 41.7 Å². The van der Waals surface area contributed by atoms with Gasteiger partial charge in [-0.15, -0.1) is 0 Å². The first-order valence-corrected chi connectivity index (χ1v) is 22.0. The van der Waals surface area contributed by atoms with E-state index in [0.29, 0.717) is 6.42 Å². The van der Waals surface area contributed by atoms with E-state index < -0.39 is 96.3 Å². The lowest BCUT2D eigenvalue weighted by Crippen LogP contribution is -2.58. The van der Waals surface area contributed by atoms with Crippen molar-refractivity contribution in [1.82, 2.24) is 9.80 Å². The molecule has 2 aliphatic rings. The van der Waals surface area contributed by atoms with Crippen LogP contribution < -0.4 is 0 Å². The number of amides is 1. The van der Waals surface area contributed by atoms with Crippen molar-refractivity contribution in [2.75, 3.05) is 34.9 Å². The fourth-order valence-corrected chi connectivity index (χ4v) is 8.65. The molecule has 2 rings (SSSR count). The van der Waals surface area contributed by atoms with Gasteiger partial charge >= 0.3 is 5.97 Å². The Morgan fingerprint density at radius 1 is 0.949 bits per heavy atom. The number of likely N-dealkylation sites (N-methyl/N-ethyl adjacent to an activating group) is 2. The van der Waals surface area contributed by atoms with E-state index in [9.17, 15) is 30.0 Å². The zero-order valence-electron chi connectivity index (χ0n) is 39.4. The van der Waals surface area contributed by atoms with Crippen molar-refractivity contribution in [2.45, 2.75) is 213 Å². The van der Waals surface area contributed by atoms with E-state index in [2.05, 4.69) is 18.7 Å². The van der Waals surface area contributed by atoms with Gasteiger partial charge in [0.15, 0.2) is 12.6 Å². The summed E-state index contributed by atoms with van der Waals surface area (Å²) < 4.78 is 43.4. The Morgan fingerprint density at radius 2 is 1.56 bits per heavy atom. The lowest BCUT2D eigenvalue weighted by atomic mass is 9.78. The summed E-state index contributed by atoms with van der Waals surface area (Å²) in [5.74, 6) is -3.05. The number of methoxy groups -OCH3 is 1. The average Bonchev–Trinajstić information content (AvgIpc) is 3.17. The molecule has 0 aromatic heterocycles. The van der Waals surface area contributed by atoms with Gasteiger partial charge in [0.05, 0.1) is 48.1 Å². The van der Waals surface area contributed by atoms with Crippen LogP contribution in [0.3, 0.4) is 0 Å². The third-order valence-corrected chi connectivity index (χ3v) is 13.3. The molecule has 2 fully saturated rings. The van der Waals surface area contributed by atoms with Crippen molar-refractivity contribution in [3.63, 3.8) is 0 Å². The Labute approximate surface area is 355 Å². The second-order valence-electron chi connectivity index (χ2n) is 18.6. The quantitative estimate of drug-likeness (QED) is 0.108. The average molecular weight is 849 g/mol. The zero-order chi connectivity index (χ0) is 45.3. The molecule has 0 aromatic rings. The highest BCUT2D eigenvalue weighted by atomic mass is 16.7. The van der Waals surface area contributed by atoms with E-state index in [0.717, 1.165) is 12.8 Å². The normalized spacial score (nSPS) is 32.3.